The van der Waals surface area contributed by atoms with Crippen molar-refractivity contribution in [3.63, 3.8) is 0 Å². The Hall–Kier alpha value is -3.17. The van der Waals surface area contributed by atoms with E-state index in [1.54, 1.807) is 10.6 Å². The van der Waals surface area contributed by atoms with E-state index in [4.69, 9.17) is 16.1 Å². The maximum Gasteiger partial charge on any atom is 0.262 e. The quantitative estimate of drug-likeness (QED) is 0.317. The largest absolute Gasteiger partial charge is 0.334 e. The van der Waals surface area contributed by atoms with Crippen LogP contribution in [0.1, 0.15) is 25.6 Å². The Morgan fingerprint density at radius 3 is 2.75 bits per heavy atom. The summed E-state index contributed by atoms with van der Waals surface area (Å²) in [5.41, 5.74) is 1.42. The number of halogens is 1. The number of hydrogen-bond donors (Lipinski definition) is 0. The van der Waals surface area contributed by atoms with Crippen molar-refractivity contribution >= 4 is 40.0 Å². The molecule has 0 saturated carbocycles. The van der Waals surface area contributed by atoms with E-state index in [0.29, 0.717) is 50.9 Å². The van der Waals surface area contributed by atoms with Crippen LogP contribution in [0.15, 0.2) is 63.0 Å². The molecule has 0 atom stereocenters. The number of thioether (sulfide) groups is 1. The molecule has 0 aliphatic rings. The average Bonchev–Trinajstić information content (AvgIpc) is 3.45. The molecule has 2 aromatic carbocycles. The van der Waals surface area contributed by atoms with Crippen LogP contribution in [0.5, 0.6) is 0 Å². The van der Waals surface area contributed by atoms with Gasteiger partial charge in [-0.15, -0.1) is 10.2 Å². The zero-order valence-electron chi connectivity index (χ0n) is 17.2. The number of nitrogens with zero attached hydrogens (tertiary/aromatic N) is 6. The second-order valence-corrected chi connectivity index (χ2v) is 8.58. The maximum absolute atomic E-state index is 13.0. The van der Waals surface area contributed by atoms with Crippen molar-refractivity contribution in [2.45, 2.75) is 37.2 Å². The minimum Gasteiger partial charge on any atom is -0.334 e. The van der Waals surface area contributed by atoms with Crippen molar-refractivity contribution in [2.75, 3.05) is 0 Å². The van der Waals surface area contributed by atoms with Crippen molar-refractivity contribution in [3.05, 3.63) is 69.7 Å². The number of aromatic nitrogens is 6. The molecule has 0 saturated heterocycles. The smallest absolute Gasteiger partial charge is 0.262 e. The first-order valence-corrected chi connectivity index (χ1v) is 11.6. The van der Waals surface area contributed by atoms with Crippen LogP contribution in [0.4, 0.5) is 0 Å². The molecule has 5 aromatic rings. The molecule has 3 aromatic heterocycles. The second-order valence-electron chi connectivity index (χ2n) is 7.23. The Morgan fingerprint density at radius 1 is 1.09 bits per heavy atom. The fourth-order valence-electron chi connectivity index (χ4n) is 3.53. The lowest BCUT2D eigenvalue weighted by atomic mass is 10.2. The topological polar surface area (TPSA) is 91.1 Å². The van der Waals surface area contributed by atoms with E-state index in [9.17, 15) is 4.79 Å². The van der Waals surface area contributed by atoms with Crippen LogP contribution in [0.3, 0.4) is 0 Å². The van der Waals surface area contributed by atoms with E-state index in [1.165, 1.54) is 11.8 Å². The van der Waals surface area contributed by atoms with Crippen molar-refractivity contribution in [1.82, 2.24) is 29.3 Å². The number of rotatable bonds is 7. The molecule has 0 fully saturated rings. The molecular formula is C22H19ClN6O2S. The van der Waals surface area contributed by atoms with Gasteiger partial charge in [-0.05, 0) is 30.7 Å². The Kier molecular flexibility index (Phi) is 5.67. The van der Waals surface area contributed by atoms with Gasteiger partial charge in [-0.25, -0.2) is 0 Å². The summed E-state index contributed by atoms with van der Waals surface area (Å²) in [6.07, 6.45) is 1.86. The summed E-state index contributed by atoms with van der Waals surface area (Å²) in [6, 6.07) is 14.8. The van der Waals surface area contributed by atoms with Gasteiger partial charge in [-0.3, -0.25) is 13.8 Å². The van der Waals surface area contributed by atoms with Crippen LogP contribution in [0.25, 0.3) is 28.1 Å². The minimum absolute atomic E-state index is 0.0481. The first-order valence-electron chi connectivity index (χ1n) is 10.2. The molecule has 10 heteroatoms. The normalized spacial score (nSPS) is 11.6. The highest BCUT2D eigenvalue weighted by Gasteiger charge is 2.18. The molecule has 3 heterocycles. The first-order chi connectivity index (χ1) is 15.7. The second kappa shape index (κ2) is 8.76. The summed E-state index contributed by atoms with van der Waals surface area (Å²) in [5, 5.41) is 14.6. The molecule has 0 aliphatic carbocycles. The van der Waals surface area contributed by atoms with Crippen LogP contribution in [-0.2, 0) is 12.3 Å². The van der Waals surface area contributed by atoms with Gasteiger partial charge in [0.1, 0.15) is 0 Å². The fraction of sp³-hybridized carbons (Fsp3) is 0.227. The Balaban J connectivity index is 1.50. The van der Waals surface area contributed by atoms with Gasteiger partial charge in [0.2, 0.25) is 5.78 Å². The molecule has 0 unspecified atom stereocenters. The van der Waals surface area contributed by atoms with Gasteiger partial charge >= 0.3 is 0 Å². The van der Waals surface area contributed by atoms with Crippen LogP contribution < -0.4 is 5.56 Å². The lowest BCUT2D eigenvalue weighted by Gasteiger charge is -2.10. The molecule has 0 spiro atoms. The van der Waals surface area contributed by atoms with Crippen molar-refractivity contribution in [2.24, 2.45) is 0 Å². The summed E-state index contributed by atoms with van der Waals surface area (Å²) in [5.74, 6) is 1.85. The van der Waals surface area contributed by atoms with Crippen molar-refractivity contribution in [3.8, 4) is 11.5 Å². The van der Waals surface area contributed by atoms with Gasteiger partial charge in [0, 0.05) is 6.54 Å². The third kappa shape index (κ3) is 3.67. The standard InChI is InChI=1S/C22H19ClN6O2S/c1-2-3-12-28-20(30)15-9-5-7-11-17(15)29-21(28)25-26-22(29)32-13-18-24-19(31-27-18)14-8-4-6-10-16(14)23/h4-11H,2-3,12-13H2,1H3. The van der Waals surface area contributed by atoms with Crippen molar-refractivity contribution in [1.29, 1.82) is 0 Å². The number of aryl methyl sites for hydroxylation is 1. The number of hydrogen-bond acceptors (Lipinski definition) is 7. The molecule has 0 aliphatic heterocycles. The third-order valence-electron chi connectivity index (χ3n) is 5.12. The maximum atomic E-state index is 13.0. The van der Waals surface area contributed by atoms with Gasteiger partial charge in [-0.2, -0.15) is 4.98 Å². The monoisotopic (exact) mass is 466 g/mol. The van der Waals surface area contributed by atoms with Gasteiger partial charge < -0.3 is 4.52 Å². The van der Waals surface area contributed by atoms with E-state index >= 15 is 0 Å². The van der Waals surface area contributed by atoms with E-state index in [2.05, 4.69) is 27.3 Å². The summed E-state index contributed by atoms with van der Waals surface area (Å²) >= 11 is 7.66. The predicted octanol–water partition coefficient (Wildman–Crippen LogP) is 4.84. The van der Waals surface area contributed by atoms with Gasteiger partial charge in [-0.1, -0.05) is 66.1 Å². The molecule has 8 nitrogen and oxygen atoms in total. The Labute approximate surface area is 192 Å². The SMILES string of the molecule is CCCCn1c(=O)c2ccccc2n2c(SCc3noc(-c4ccccc4Cl)n3)nnc12. The zero-order valence-corrected chi connectivity index (χ0v) is 18.8. The van der Waals surface area contributed by atoms with Crippen LogP contribution >= 0.6 is 23.4 Å². The number of benzene rings is 2. The molecule has 0 N–H and O–H groups in total. The van der Waals surface area contributed by atoms with Crippen LogP contribution in [-0.4, -0.2) is 29.3 Å². The summed E-state index contributed by atoms with van der Waals surface area (Å²) in [4.78, 5) is 17.5. The molecule has 162 valence electrons. The predicted molar refractivity (Wildman–Crippen MR) is 124 cm³/mol. The van der Waals surface area contributed by atoms with E-state index in [-0.39, 0.29) is 5.56 Å². The third-order valence-corrected chi connectivity index (χ3v) is 6.37. The first kappa shape index (κ1) is 20.7. The molecule has 32 heavy (non-hydrogen) atoms. The van der Waals surface area contributed by atoms with E-state index in [0.717, 1.165) is 18.4 Å². The van der Waals surface area contributed by atoms with Crippen molar-refractivity contribution < 1.29 is 4.52 Å². The summed E-state index contributed by atoms with van der Waals surface area (Å²) < 4.78 is 9.02. The molecule has 0 amide bonds. The van der Waals surface area contributed by atoms with E-state index in [1.807, 2.05) is 46.9 Å². The van der Waals surface area contributed by atoms with Gasteiger partial charge in [0.25, 0.3) is 11.4 Å². The Bertz CT molecular complexity index is 1470. The van der Waals surface area contributed by atoms with Gasteiger partial charge in [0.05, 0.1) is 27.2 Å². The lowest BCUT2D eigenvalue weighted by Crippen LogP contribution is -2.23. The fourth-order valence-corrected chi connectivity index (χ4v) is 4.53. The molecule has 0 radical (unpaired) electrons. The lowest BCUT2D eigenvalue weighted by molar-refractivity contribution is 0.425. The molecule has 0 bridgehead atoms. The highest BCUT2D eigenvalue weighted by molar-refractivity contribution is 7.98. The average molecular weight is 467 g/mol. The minimum atomic E-state index is -0.0481. The van der Waals surface area contributed by atoms with Crippen LogP contribution in [0, 0.1) is 0 Å². The zero-order chi connectivity index (χ0) is 22.1. The van der Waals surface area contributed by atoms with E-state index < -0.39 is 0 Å². The van der Waals surface area contributed by atoms with Crippen LogP contribution in [0.2, 0.25) is 5.02 Å². The number of para-hydroxylation sites is 1. The number of fused-ring (bicyclic) bond motifs is 3. The highest BCUT2D eigenvalue weighted by atomic mass is 35.5. The summed E-state index contributed by atoms with van der Waals surface area (Å²) in [6.45, 7) is 2.69. The van der Waals surface area contributed by atoms with Gasteiger partial charge in [0.15, 0.2) is 11.0 Å². The molecule has 5 rings (SSSR count). The Morgan fingerprint density at radius 2 is 1.91 bits per heavy atom. The highest BCUT2D eigenvalue weighted by Crippen LogP contribution is 2.28. The summed E-state index contributed by atoms with van der Waals surface area (Å²) in [7, 11) is 0. The molecular weight excluding hydrogens is 448 g/mol. The number of unbranched alkanes of at least 4 members (excludes halogenated alkanes) is 1.